The molecule has 0 amide bonds. The van der Waals surface area contributed by atoms with Crippen molar-refractivity contribution in [3.05, 3.63) is 16.0 Å². The Labute approximate surface area is 294 Å². The minimum atomic E-state index is -0.0424. The maximum absolute atomic E-state index is 10.2. The number of aryl methyl sites for hydroxylation is 1. The molecule has 0 saturated carbocycles. The number of rotatable bonds is 13. The topological polar surface area (TPSA) is 135 Å². The minimum Gasteiger partial charge on any atom is -0.479 e. The number of fused-ring (bicyclic) bond motifs is 1. The van der Waals surface area contributed by atoms with Crippen LogP contribution in [0.3, 0.4) is 0 Å². The van der Waals surface area contributed by atoms with Crippen molar-refractivity contribution in [3.8, 4) is 34.8 Å². The summed E-state index contributed by atoms with van der Waals surface area (Å²) in [6, 6.07) is 2.40. The molecular formula is C37H53N9O2S. The molecule has 0 radical (unpaired) electrons. The van der Waals surface area contributed by atoms with Gasteiger partial charge in [0.25, 0.3) is 0 Å². The first-order valence-electron chi connectivity index (χ1n) is 18.3. The number of nitrogens with zero attached hydrogens (tertiary/aromatic N) is 8. The molecule has 6 heterocycles. The van der Waals surface area contributed by atoms with Gasteiger partial charge in [0, 0.05) is 29.1 Å². The van der Waals surface area contributed by atoms with Gasteiger partial charge in [-0.3, -0.25) is 4.90 Å². The van der Waals surface area contributed by atoms with Crippen LogP contribution < -0.4 is 15.4 Å². The normalized spacial score (nSPS) is 20.7. The summed E-state index contributed by atoms with van der Waals surface area (Å²) >= 11 is 1.47. The first kappa shape index (κ1) is 35.1. The smallest absolute Gasteiger partial charge is 0.246 e. The molecule has 3 atom stereocenters. The van der Waals surface area contributed by atoms with E-state index in [1.54, 1.807) is 7.11 Å². The van der Waals surface area contributed by atoms with E-state index in [0.29, 0.717) is 39.6 Å². The highest BCUT2D eigenvalue weighted by molar-refractivity contribution is 7.16. The fraction of sp³-hybridized carbons (Fsp3) is 0.649. The lowest BCUT2D eigenvalue weighted by atomic mass is 9.84. The Morgan fingerprint density at radius 2 is 1.96 bits per heavy atom. The van der Waals surface area contributed by atoms with Crippen molar-refractivity contribution in [3.63, 3.8) is 0 Å². The predicted molar refractivity (Wildman–Crippen MR) is 197 cm³/mol. The molecule has 0 aliphatic carbocycles. The van der Waals surface area contributed by atoms with Crippen LogP contribution in [0.4, 0.5) is 10.8 Å². The van der Waals surface area contributed by atoms with E-state index in [1.165, 1.54) is 17.8 Å². The Hall–Kier alpha value is -3.69. The number of unbranched alkanes of at least 4 members (excludes halogenated alkanes) is 1. The van der Waals surface area contributed by atoms with Crippen LogP contribution in [0, 0.1) is 17.2 Å². The van der Waals surface area contributed by atoms with E-state index in [1.807, 2.05) is 0 Å². The molecule has 2 aliphatic rings. The van der Waals surface area contributed by atoms with Crippen molar-refractivity contribution in [1.82, 2.24) is 29.8 Å². The van der Waals surface area contributed by atoms with Crippen LogP contribution in [0.1, 0.15) is 114 Å². The molecule has 2 N–H and O–H groups in total. The summed E-state index contributed by atoms with van der Waals surface area (Å²) in [5, 5.41) is 21.4. The molecule has 0 bridgehead atoms. The Morgan fingerprint density at radius 3 is 2.61 bits per heavy atom. The Morgan fingerprint density at radius 1 is 1.14 bits per heavy atom. The van der Waals surface area contributed by atoms with Crippen LogP contribution in [-0.4, -0.2) is 69.1 Å². The summed E-state index contributed by atoms with van der Waals surface area (Å²) in [5.74, 6) is 3.05. The lowest BCUT2D eigenvalue weighted by Gasteiger charge is -2.41. The van der Waals surface area contributed by atoms with Gasteiger partial charge in [-0.2, -0.15) is 5.26 Å². The van der Waals surface area contributed by atoms with Crippen LogP contribution >= 0.6 is 11.3 Å². The van der Waals surface area contributed by atoms with Crippen molar-refractivity contribution < 1.29 is 9.26 Å². The van der Waals surface area contributed by atoms with E-state index < -0.39 is 0 Å². The molecule has 0 spiro atoms. The largest absolute Gasteiger partial charge is 0.479 e. The van der Waals surface area contributed by atoms with Crippen LogP contribution in [0.5, 0.6) is 5.88 Å². The van der Waals surface area contributed by atoms with Crippen LogP contribution in [0.15, 0.2) is 4.52 Å². The average Bonchev–Trinajstić information content (AvgIpc) is 3.86. The number of thiophene rings is 1. The van der Waals surface area contributed by atoms with E-state index in [0.717, 1.165) is 117 Å². The Balaban J connectivity index is 1.61. The van der Waals surface area contributed by atoms with Crippen molar-refractivity contribution in [2.75, 3.05) is 44.4 Å². The Bertz CT molecular complexity index is 1820. The third-order valence-electron chi connectivity index (χ3n) is 10.9. The molecule has 11 nitrogen and oxygen atoms in total. The number of methoxy groups -OCH3 is 1. The average molecular weight is 688 g/mol. The number of likely N-dealkylation sites (N-methyl/N-ethyl adjacent to an activating group) is 1. The van der Waals surface area contributed by atoms with Gasteiger partial charge in [-0.1, -0.05) is 52.1 Å². The van der Waals surface area contributed by atoms with Gasteiger partial charge >= 0.3 is 0 Å². The molecular weight excluding hydrogens is 635 g/mol. The van der Waals surface area contributed by atoms with Gasteiger partial charge < -0.3 is 19.9 Å². The fourth-order valence-corrected chi connectivity index (χ4v) is 9.50. The van der Waals surface area contributed by atoms with Crippen LogP contribution in [0.2, 0.25) is 0 Å². The van der Waals surface area contributed by atoms with Crippen LogP contribution in [-0.2, 0) is 12.8 Å². The Kier molecular flexibility index (Phi) is 10.5. The van der Waals surface area contributed by atoms with E-state index >= 15 is 0 Å². The molecule has 6 rings (SSSR count). The number of hydrogen-bond acceptors (Lipinski definition) is 11. The number of anilines is 2. The molecule has 2 aliphatic heterocycles. The zero-order valence-electron chi connectivity index (χ0n) is 30.4. The quantitative estimate of drug-likeness (QED) is 0.147. The van der Waals surface area contributed by atoms with Crippen molar-refractivity contribution in [2.45, 2.75) is 117 Å². The van der Waals surface area contributed by atoms with E-state index in [4.69, 9.17) is 35.2 Å². The number of ether oxygens (including phenoxy) is 1. The number of hydrogen-bond donors (Lipinski definition) is 1. The maximum Gasteiger partial charge on any atom is 0.246 e. The number of nitrogen functional groups attached to an aromatic ring is 1. The molecule has 4 aromatic rings. The lowest BCUT2D eigenvalue weighted by molar-refractivity contribution is 0.0935. The molecule has 49 heavy (non-hydrogen) atoms. The van der Waals surface area contributed by atoms with Gasteiger partial charge in [0.2, 0.25) is 5.88 Å². The fourth-order valence-electron chi connectivity index (χ4n) is 8.39. The van der Waals surface area contributed by atoms with Gasteiger partial charge in [-0.05, 0) is 77.8 Å². The van der Waals surface area contributed by atoms with Crippen LogP contribution in [0.25, 0.3) is 33.9 Å². The molecule has 12 heteroatoms. The van der Waals surface area contributed by atoms with Gasteiger partial charge in [0.05, 0.1) is 24.3 Å². The van der Waals surface area contributed by atoms with Gasteiger partial charge in [-0.25, -0.2) is 14.6 Å². The summed E-state index contributed by atoms with van der Waals surface area (Å²) in [4.78, 5) is 16.6. The second-order valence-electron chi connectivity index (χ2n) is 14.2. The molecule has 4 aromatic heterocycles. The first-order valence-corrected chi connectivity index (χ1v) is 19.1. The monoisotopic (exact) mass is 687 g/mol. The second-order valence-corrected chi connectivity index (χ2v) is 15.4. The highest BCUT2D eigenvalue weighted by atomic mass is 32.1. The standard InChI is InChI=1S/C37H53N9O2S/c1-8-11-16-25-30(43-48-31(25)28-26(21-38)32(39)49-27(28)14-9-2)33-40-34(45-20-12-15-23(4)22-45)29-35(41-33)46(42-36(29)47-7)24(5)37(17-10-3)18-13-19-44(37)6/h23-24H,8-20,22,39H2,1-7H3. The number of nitrogens with two attached hydrogens (primary N) is 1. The number of nitriles is 1. The summed E-state index contributed by atoms with van der Waals surface area (Å²) in [5.41, 5.74) is 9.89. The summed E-state index contributed by atoms with van der Waals surface area (Å²) in [7, 11) is 3.94. The third kappa shape index (κ3) is 6.18. The maximum atomic E-state index is 10.2. The molecule has 2 fully saturated rings. The van der Waals surface area contributed by atoms with E-state index in [-0.39, 0.29) is 11.6 Å². The van der Waals surface area contributed by atoms with E-state index in [9.17, 15) is 5.26 Å². The minimum absolute atomic E-state index is 0.0400. The highest BCUT2D eigenvalue weighted by Gasteiger charge is 2.45. The van der Waals surface area contributed by atoms with Crippen molar-refractivity contribution >= 4 is 33.2 Å². The predicted octanol–water partition coefficient (Wildman–Crippen LogP) is 8.03. The third-order valence-corrected chi connectivity index (χ3v) is 12.0. The molecule has 2 saturated heterocycles. The molecule has 3 unspecified atom stereocenters. The number of likely N-dealkylation sites (tertiary alicyclic amines) is 1. The number of aromatic nitrogens is 5. The number of piperidine rings is 1. The zero-order chi connectivity index (χ0) is 34.9. The van der Waals surface area contributed by atoms with Gasteiger partial charge in [0.1, 0.15) is 22.3 Å². The highest BCUT2D eigenvalue weighted by Crippen LogP contribution is 2.46. The van der Waals surface area contributed by atoms with Crippen molar-refractivity contribution in [2.24, 2.45) is 5.92 Å². The zero-order valence-corrected chi connectivity index (χ0v) is 31.3. The van der Waals surface area contributed by atoms with E-state index in [2.05, 4.69) is 62.2 Å². The van der Waals surface area contributed by atoms with Crippen molar-refractivity contribution in [1.29, 1.82) is 5.26 Å². The summed E-state index contributed by atoms with van der Waals surface area (Å²) in [6.45, 7) is 14.0. The van der Waals surface area contributed by atoms with Gasteiger partial charge in [0.15, 0.2) is 22.9 Å². The van der Waals surface area contributed by atoms with Gasteiger partial charge in [-0.15, -0.1) is 16.4 Å². The second kappa shape index (κ2) is 14.7. The first-order chi connectivity index (χ1) is 23.7. The lowest BCUT2D eigenvalue weighted by Crippen LogP contribution is -2.47. The molecule has 264 valence electrons. The summed E-state index contributed by atoms with van der Waals surface area (Å²) < 4.78 is 14.4. The SMILES string of the molecule is CCCCc1c(-c2nc(N3CCCC(C)C3)c3c(OC)nn(C(C)C4(CCC)CCCN4C)c3n2)noc1-c1c(CCC)sc(N)c1C#N. The molecule has 0 aromatic carbocycles. The summed E-state index contributed by atoms with van der Waals surface area (Å²) in [6.07, 6.45) is 11.1.